The van der Waals surface area contributed by atoms with Crippen LogP contribution in [0.3, 0.4) is 0 Å². The summed E-state index contributed by atoms with van der Waals surface area (Å²) < 4.78 is 5.74. The average molecular weight is 504 g/mol. The first-order chi connectivity index (χ1) is 17.4. The number of urea groups is 1. The van der Waals surface area contributed by atoms with Crippen LogP contribution in [0.25, 0.3) is 21.1 Å². The number of likely N-dealkylation sites (tertiary alicyclic amines) is 1. The Balaban J connectivity index is 1.32. The number of aliphatic hydroxyl groups is 1. The molecule has 2 heterocycles. The number of aromatic nitrogens is 2. The lowest BCUT2D eigenvalue weighted by Crippen LogP contribution is -2.40. The van der Waals surface area contributed by atoms with Crippen LogP contribution in [0.2, 0.25) is 0 Å². The number of fused-ring (bicyclic) bond motifs is 1. The van der Waals surface area contributed by atoms with E-state index in [0.717, 1.165) is 34.0 Å². The van der Waals surface area contributed by atoms with Gasteiger partial charge in [0.05, 0.1) is 17.8 Å². The highest BCUT2D eigenvalue weighted by atomic mass is 32.1. The van der Waals surface area contributed by atoms with Gasteiger partial charge in [-0.25, -0.2) is 4.79 Å². The topological polar surface area (TPSA) is 111 Å². The normalized spacial score (nSPS) is 18.8. The summed E-state index contributed by atoms with van der Waals surface area (Å²) >= 11 is 1.51. The molecular weight excluding hydrogens is 474 g/mol. The number of nitrogens with one attached hydrogen (secondary N) is 1. The Morgan fingerprint density at radius 2 is 2.11 bits per heavy atom. The minimum absolute atomic E-state index is 0.0125. The summed E-state index contributed by atoms with van der Waals surface area (Å²) in [7, 11) is 0. The Bertz CT molecular complexity index is 1310. The van der Waals surface area contributed by atoms with E-state index in [1.807, 2.05) is 32.0 Å². The third-order valence-corrected chi connectivity index (χ3v) is 7.72. The van der Waals surface area contributed by atoms with E-state index in [0.29, 0.717) is 37.4 Å². The van der Waals surface area contributed by atoms with Gasteiger partial charge in [0, 0.05) is 36.7 Å². The third-order valence-electron chi connectivity index (χ3n) is 6.71. The molecule has 1 unspecified atom stereocenters. The molecule has 2 N–H and O–H groups in total. The molecule has 2 atom stereocenters. The van der Waals surface area contributed by atoms with Crippen molar-refractivity contribution >= 4 is 17.4 Å². The monoisotopic (exact) mass is 503 g/mol. The van der Waals surface area contributed by atoms with Crippen molar-refractivity contribution < 1.29 is 14.6 Å². The number of carbonyl (C=O) groups is 1. The smallest absolute Gasteiger partial charge is 0.317 e. The molecule has 3 aromatic rings. The van der Waals surface area contributed by atoms with Crippen LogP contribution in [0.5, 0.6) is 5.75 Å². The molecule has 1 aromatic heterocycles. The number of β-amino-alcohol motifs (C(OH)–C–C–N with tert-alkyl or cyclic N) is 1. The van der Waals surface area contributed by atoms with Crippen molar-refractivity contribution in [2.75, 3.05) is 19.6 Å². The Morgan fingerprint density at radius 3 is 2.86 bits per heavy atom. The molecular formula is C27H29N5O3S. The van der Waals surface area contributed by atoms with Gasteiger partial charge < -0.3 is 20.1 Å². The fourth-order valence-electron chi connectivity index (χ4n) is 4.96. The number of ether oxygens (including phenoxy) is 1. The van der Waals surface area contributed by atoms with Crippen LogP contribution >= 0.6 is 11.3 Å². The lowest BCUT2D eigenvalue weighted by molar-refractivity contribution is 0.171. The minimum Gasteiger partial charge on any atom is -0.490 e. The number of nitriles is 1. The van der Waals surface area contributed by atoms with Gasteiger partial charge in [0.2, 0.25) is 0 Å². The van der Waals surface area contributed by atoms with E-state index < -0.39 is 6.10 Å². The van der Waals surface area contributed by atoms with Gasteiger partial charge in [-0.15, -0.1) is 10.2 Å². The van der Waals surface area contributed by atoms with Crippen LogP contribution in [0.4, 0.5) is 4.79 Å². The summed E-state index contributed by atoms with van der Waals surface area (Å²) in [5.41, 5.74) is 4.90. The highest BCUT2D eigenvalue weighted by molar-refractivity contribution is 7.17. The Morgan fingerprint density at radius 1 is 1.28 bits per heavy atom. The Hall–Kier alpha value is -3.48. The summed E-state index contributed by atoms with van der Waals surface area (Å²) in [5, 5.41) is 32.8. The van der Waals surface area contributed by atoms with Crippen molar-refractivity contribution in [1.82, 2.24) is 20.4 Å². The lowest BCUT2D eigenvalue weighted by Gasteiger charge is -2.19. The molecule has 1 saturated heterocycles. The summed E-state index contributed by atoms with van der Waals surface area (Å²) in [5.74, 6) is 0.816. The SMILES string of the molecule is CC(C)Oc1ccc(-c2nnc(-c3cccc4c3CCC4CNC(=O)N3CC[C@H](O)C3)s2)cc1C#N. The molecule has 0 spiro atoms. The fourth-order valence-corrected chi connectivity index (χ4v) is 5.85. The van der Waals surface area contributed by atoms with Crippen LogP contribution in [-0.2, 0) is 6.42 Å². The molecule has 0 saturated carbocycles. The van der Waals surface area contributed by atoms with Crippen molar-refractivity contribution in [3.63, 3.8) is 0 Å². The van der Waals surface area contributed by atoms with Gasteiger partial charge in [-0.05, 0) is 62.4 Å². The summed E-state index contributed by atoms with van der Waals surface area (Å²) in [6.45, 7) is 5.44. The molecule has 0 bridgehead atoms. The number of amides is 2. The van der Waals surface area contributed by atoms with E-state index in [1.54, 1.807) is 11.0 Å². The van der Waals surface area contributed by atoms with E-state index in [-0.39, 0.29) is 18.1 Å². The number of hydrogen-bond donors (Lipinski definition) is 2. The second kappa shape index (κ2) is 10.2. The van der Waals surface area contributed by atoms with E-state index >= 15 is 0 Å². The molecule has 186 valence electrons. The Labute approximate surface area is 214 Å². The number of hydrogen-bond acceptors (Lipinski definition) is 7. The minimum atomic E-state index is -0.417. The second-order valence-corrected chi connectivity index (χ2v) is 10.6. The van der Waals surface area contributed by atoms with Gasteiger partial charge in [0.25, 0.3) is 0 Å². The van der Waals surface area contributed by atoms with Gasteiger partial charge >= 0.3 is 6.03 Å². The first-order valence-electron chi connectivity index (χ1n) is 12.3. The van der Waals surface area contributed by atoms with Gasteiger partial charge in [-0.1, -0.05) is 29.5 Å². The number of nitrogens with zero attached hydrogens (tertiary/aromatic N) is 4. The van der Waals surface area contributed by atoms with E-state index in [1.165, 1.54) is 22.5 Å². The van der Waals surface area contributed by atoms with Crippen molar-refractivity contribution in [2.24, 2.45) is 0 Å². The van der Waals surface area contributed by atoms with E-state index in [2.05, 4.69) is 33.7 Å². The Kier molecular flexibility index (Phi) is 6.90. The largest absolute Gasteiger partial charge is 0.490 e. The molecule has 1 aliphatic heterocycles. The fraction of sp³-hybridized carbons (Fsp3) is 0.407. The molecule has 5 rings (SSSR count). The maximum atomic E-state index is 12.5. The highest BCUT2D eigenvalue weighted by Crippen LogP contribution is 2.41. The molecule has 36 heavy (non-hydrogen) atoms. The van der Waals surface area contributed by atoms with Crippen LogP contribution in [0.1, 0.15) is 49.3 Å². The molecule has 2 amide bonds. The van der Waals surface area contributed by atoms with Crippen molar-refractivity contribution in [3.8, 4) is 33.0 Å². The third kappa shape index (κ3) is 4.92. The highest BCUT2D eigenvalue weighted by Gasteiger charge is 2.29. The molecule has 2 aliphatic rings. The van der Waals surface area contributed by atoms with E-state index in [4.69, 9.17) is 4.74 Å². The predicted molar refractivity (Wildman–Crippen MR) is 138 cm³/mol. The van der Waals surface area contributed by atoms with Crippen molar-refractivity contribution in [1.29, 1.82) is 5.26 Å². The van der Waals surface area contributed by atoms with Crippen molar-refractivity contribution in [2.45, 2.75) is 51.2 Å². The summed E-state index contributed by atoms with van der Waals surface area (Å²) in [4.78, 5) is 14.1. The molecule has 9 heteroatoms. The first kappa shape index (κ1) is 24.2. The van der Waals surface area contributed by atoms with E-state index in [9.17, 15) is 15.2 Å². The van der Waals surface area contributed by atoms with Gasteiger partial charge in [-0.3, -0.25) is 0 Å². The number of carbonyl (C=O) groups excluding carboxylic acids is 1. The van der Waals surface area contributed by atoms with Crippen LogP contribution < -0.4 is 10.1 Å². The zero-order valence-electron chi connectivity index (χ0n) is 20.4. The second-order valence-electron chi connectivity index (χ2n) is 9.59. The maximum absolute atomic E-state index is 12.5. The zero-order valence-corrected chi connectivity index (χ0v) is 21.2. The first-order valence-corrected chi connectivity index (χ1v) is 13.1. The quantitative estimate of drug-likeness (QED) is 0.518. The number of aliphatic hydroxyl groups excluding tert-OH is 1. The zero-order chi connectivity index (χ0) is 25.2. The molecule has 1 fully saturated rings. The lowest BCUT2D eigenvalue weighted by atomic mass is 9.99. The number of rotatable bonds is 6. The van der Waals surface area contributed by atoms with Gasteiger partial charge in [0.1, 0.15) is 21.8 Å². The number of benzene rings is 2. The molecule has 2 aromatic carbocycles. The van der Waals surface area contributed by atoms with Crippen LogP contribution in [0.15, 0.2) is 36.4 Å². The summed E-state index contributed by atoms with van der Waals surface area (Å²) in [6, 6.07) is 13.9. The predicted octanol–water partition coefficient (Wildman–Crippen LogP) is 4.34. The van der Waals surface area contributed by atoms with Crippen molar-refractivity contribution in [3.05, 3.63) is 53.1 Å². The van der Waals surface area contributed by atoms with Gasteiger partial charge in [0.15, 0.2) is 0 Å². The maximum Gasteiger partial charge on any atom is 0.317 e. The average Bonchev–Trinajstić information content (AvgIpc) is 3.62. The van der Waals surface area contributed by atoms with Crippen LogP contribution in [0, 0.1) is 11.3 Å². The van der Waals surface area contributed by atoms with Gasteiger partial charge in [-0.2, -0.15) is 5.26 Å². The molecule has 8 nitrogen and oxygen atoms in total. The summed E-state index contributed by atoms with van der Waals surface area (Å²) in [6.07, 6.45) is 2.09. The molecule has 1 aliphatic carbocycles. The van der Waals surface area contributed by atoms with Crippen LogP contribution in [-0.4, -0.2) is 58.1 Å². The molecule has 0 radical (unpaired) electrons. The standard InChI is InChI=1S/C27H29N5O3S/c1-16(2)35-24-9-7-17(12-19(24)13-28)25-30-31-26(36-25)23-5-3-4-21-18(6-8-22(21)23)14-29-27(34)32-11-10-20(33)15-32/h3-5,7,9,12,16,18,20,33H,6,8,10-11,14-15H2,1-2H3,(H,29,34)/t18?,20-/m0/s1.